The molecule has 1 aliphatic rings. The number of rotatable bonds is 1. The zero-order valence-electron chi connectivity index (χ0n) is 6.88. The molecule has 1 unspecified atom stereocenters. The van der Waals surface area contributed by atoms with Gasteiger partial charge in [-0.25, -0.2) is 0 Å². The fourth-order valence-electron chi connectivity index (χ4n) is 1.28. The number of hydrogen-bond donors (Lipinski definition) is 1. The van der Waals surface area contributed by atoms with Crippen LogP contribution >= 0.6 is 0 Å². The van der Waals surface area contributed by atoms with Gasteiger partial charge in [-0.15, -0.1) is 0 Å². The Morgan fingerprint density at radius 2 is 2.27 bits per heavy atom. The molecule has 11 heavy (non-hydrogen) atoms. The van der Waals surface area contributed by atoms with Gasteiger partial charge < -0.3 is 5.11 Å². The zero-order valence-corrected chi connectivity index (χ0v) is 6.88. The topological polar surface area (TPSA) is 20.2 Å². The molecule has 0 heterocycles. The summed E-state index contributed by atoms with van der Waals surface area (Å²) in [4.78, 5) is 0. The van der Waals surface area contributed by atoms with E-state index in [1.54, 1.807) is 0 Å². The third-order valence-corrected chi connectivity index (χ3v) is 1.88. The Bertz CT molecular complexity index is 211. The Labute approximate surface area is 67.7 Å². The van der Waals surface area contributed by atoms with Gasteiger partial charge >= 0.3 is 0 Å². The van der Waals surface area contributed by atoms with E-state index in [0.29, 0.717) is 0 Å². The molecule has 1 aliphatic carbocycles. The first-order chi connectivity index (χ1) is 5.24. The molecule has 0 aliphatic heterocycles. The van der Waals surface area contributed by atoms with Gasteiger partial charge in [-0.05, 0) is 30.9 Å². The van der Waals surface area contributed by atoms with Crippen LogP contribution in [0.4, 0.5) is 0 Å². The van der Waals surface area contributed by atoms with Crippen LogP contribution in [-0.2, 0) is 0 Å². The molecule has 0 aromatic carbocycles. The van der Waals surface area contributed by atoms with Gasteiger partial charge in [-0.2, -0.15) is 0 Å². The number of allylic oxidation sites excluding steroid dienone is 3. The smallest absolute Gasteiger partial charge is 0.0620 e. The normalized spacial score (nSPS) is 29.1. The lowest BCUT2D eigenvalue weighted by Crippen LogP contribution is -1.95. The monoisotopic (exact) mass is 150 g/mol. The van der Waals surface area contributed by atoms with Crippen molar-refractivity contribution in [3.63, 3.8) is 0 Å². The summed E-state index contributed by atoms with van der Waals surface area (Å²) in [6.45, 7) is 5.85. The summed E-state index contributed by atoms with van der Waals surface area (Å²) in [6.07, 6.45) is 7.30. The molecule has 0 spiro atoms. The summed E-state index contributed by atoms with van der Waals surface area (Å²) >= 11 is 0. The molecule has 1 nitrogen and oxygen atoms in total. The lowest BCUT2D eigenvalue weighted by atomic mass is 10.1. The highest BCUT2D eigenvalue weighted by Gasteiger charge is 2.19. The first-order valence-electron chi connectivity index (χ1n) is 3.92. The van der Waals surface area contributed by atoms with Crippen molar-refractivity contribution in [2.45, 2.75) is 25.9 Å². The van der Waals surface area contributed by atoms with Crippen LogP contribution in [0.2, 0.25) is 0 Å². The summed E-state index contributed by atoms with van der Waals surface area (Å²) in [7, 11) is 0. The largest absolute Gasteiger partial charge is 0.392 e. The third-order valence-electron chi connectivity index (χ3n) is 1.88. The molecule has 1 atom stereocenters. The minimum Gasteiger partial charge on any atom is -0.392 e. The maximum absolute atomic E-state index is 9.24. The Kier molecular flexibility index (Phi) is 2.66. The summed E-state index contributed by atoms with van der Waals surface area (Å²) in [5.74, 6) is 0. The zero-order chi connectivity index (χ0) is 8.27. The molecule has 0 bridgehead atoms. The summed E-state index contributed by atoms with van der Waals surface area (Å²) in [6, 6.07) is 0. The lowest BCUT2D eigenvalue weighted by Gasteiger charge is -1.93. The minimum absolute atomic E-state index is 0.195. The van der Waals surface area contributed by atoms with Crippen molar-refractivity contribution in [1.29, 1.82) is 0 Å². The van der Waals surface area contributed by atoms with Crippen LogP contribution in [0.25, 0.3) is 0 Å². The second-order valence-electron chi connectivity index (χ2n) is 2.88. The molecule has 0 amide bonds. The Hall–Kier alpha value is -0.820. The van der Waals surface area contributed by atoms with Gasteiger partial charge in [-0.3, -0.25) is 0 Å². The first-order valence-corrected chi connectivity index (χ1v) is 3.92. The van der Waals surface area contributed by atoms with Crippen LogP contribution in [0.3, 0.4) is 0 Å². The standard InChI is InChI=1S/C10H14O/c1-3-4-5-9-7-10(11)6-8(9)2/h3-5,10-11H,2,6-7H2,1H3/b4-3-,9-5-. The van der Waals surface area contributed by atoms with Crippen LogP contribution < -0.4 is 0 Å². The molecule has 60 valence electrons. The van der Waals surface area contributed by atoms with E-state index in [0.717, 1.165) is 18.4 Å². The predicted molar refractivity (Wildman–Crippen MR) is 47.3 cm³/mol. The predicted octanol–water partition coefficient (Wildman–Crippen LogP) is 2.20. The quantitative estimate of drug-likeness (QED) is 0.607. The lowest BCUT2D eigenvalue weighted by molar-refractivity contribution is 0.190. The number of aliphatic hydroxyl groups is 1. The van der Waals surface area contributed by atoms with Crippen molar-refractivity contribution < 1.29 is 5.11 Å². The van der Waals surface area contributed by atoms with Gasteiger partial charge in [0.15, 0.2) is 0 Å². The average Bonchev–Trinajstić information content (AvgIpc) is 2.26. The van der Waals surface area contributed by atoms with E-state index in [9.17, 15) is 5.11 Å². The molecule has 0 saturated heterocycles. The molecule has 0 aromatic rings. The van der Waals surface area contributed by atoms with Gasteiger partial charge in [0.2, 0.25) is 0 Å². The van der Waals surface area contributed by atoms with Crippen molar-refractivity contribution in [1.82, 2.24) is 0 Å². The van der Waals surface area contributed by atoms with Gasteiger partial charge in [0.1, 0.15) is 0 Å². The van der Waals surface area contributed by atoms with Crippen LogP contribution in [0, 0.1) is 0 Å². The number of hydrogen-bond acceptors (Lipinski definition) is 1. The SMILES string of the molecule is C=C1CC(O)C/C1=C/C=C\C. The molecule has 0 aromatic heterocycles. The van der Waals surface area contributed by atoms with E-state index in [-0.39, 0.29) is 6.10 Å². The van der Waals surface area contributed by atoms with Crippen molar-refractivity contribution in [2.24, 2.45) is 0 Å². The van der Waals surface area contributed by atoms with Crippen LogP contribution in [-0.4, -0.2) is 11.2 Å². The highest BCUT2D eigenvalue weighted by molar-refractivity contribution is 5.36. The number of aliphatic hydroxyl groups excluding tert-OH is 1. The van der Waals surface area contributed by atoms with Gasteiger partial charge in [0, 0.05) is 0 Å². The van der Waals surface area contributed by atoms with Crippen molar-refractivity contribution in [3.05, 3.63) is 36.0 Å². The maximum Gasteiger partial charge on any atom is 0.0620 e. The minimum atomic E-state index is -0.195. The molecular weight excluding hydrogens is 136 g/mol. The van der Waals surface area contributed by atoms with Gasteiger partial charge in [-0.1, -0.05) is 24.8 Å². The fraction of sp³-hybridized carbons (Fsp3) is 0.400. The van der Waals surface area contributed by atoms with E-state index in [4.69, 9.17) is 0 Å². The summed E-state index contributed by atoms with van der Waals surface area (Å²) in [5, 5.41) is 9.24. The third kappa shape index (κ3) is 2.05. The molecular formula is C10H14O. The van der Waals surface area contributed by atoms with E-state index in [1.807, 2.05) is 25.2 Å². The van der Waals surface area contributed by atoms with Crippen molar-refractivity contribution >= 4 is 0 Å². The second-order valence-corrected chi connectivity index (χ2v) is 2.88. The second kappa shape index (κ2) is 3.54. The van der Waals surface area contributed by atoms with E-state index in [2.05, 4.69) is 6.58 Å². The molecule has 1 heteroatoms. The Balaban J connectivity index is 2.67. The van der Waals surface area contributed by atoms with E-state index in [1.165, 1.54) is 5.57 Å². The first kappa shape index (κ1) is 8.28. The Morgan fingerprint density at radius 3 is 2.73 bits per heavy atom. The summed E-state index contributed by atoms with van der Waals surface area (Å²) in [5.41, 5.74) is 2.27. The van der Waals surface area contributed by atoms with E-state index < -0.39 is 0 Å². The highest BCUT2D eigenvalue weighted by atomic mass is 16.3. The summed E-state index contributed by atoms with van der Waals surface area (Å²) < 4.78 is 0. The maximum atomic E-state index is 9.24. The van der Waals surface area contributed by atoms with Crippen LogP contribution in [0.1, 0.15) is 19.8 Å². The molecule has 1 N–H and O–H groups in total. The fourth-order valence-corrected chi connectivity index (χ4v) is 1.28. The van der Waals surface area contributed by atoms with Crippen molar-refractivity contribution in [2.75, 3.05) is 0 Å². The van der Waals surface area contributed by atoms with Gasteiger partial charge in [0.05, 0.1) is 6.10 Å². The molecule has 1 fully saturated rings. The molecule has 1 saturated carbocycles. The van der Waals surface area contributed by atoms with Crippen molar-refractivity contribution in [3.8, 4) is 0 Å². The average molecular weight is 150 g/mol. The van der Waals surface area contributed by atoms with Crippen LogP contribution in [0.15, 0.2) is 36.0 Å². The Morgan fingerprint density at radius 1 is 1.55 bits per heavy atom. The van der Waals surface area contributed by atoms with E-state index >= 15 is 0 Å². The van der Waals surface area contributed by atoms with Crippen LogP contribution in [0.5, 0.6) is 0 Å². The highest BCUT2D eigenvalue weighted by Crippen LogP contribution is 2.28. The molecule has 0 radical (unpaired) electrons. The van der Waals surface area contributed by atoms with Gasteiger partial charge in [0.25, 0.3) is 0 Å². The molecule has 1 rings (SSSR count).